The molecule has 0 spiro atoms. The first kappa shape index (κ1) is 24.8. The molecule has 12 heteroatoms. The average Bonchev–Trinajstić information content (AvgIpc) is 2.88. The summed E-state index contributed by atoms with van der Waals surface area (Å²) in [6, 6.07) is 4.44. The van der Waals surface area contributed by atoms with Crippen molar-refractivity contribution in [2.24, 2.45) is 0 Å². The third-order valence-corrected chi connectivity index (χ3v) is 6.54. The van der Waals surface area contributed by atoms with Gasteiger partial charge in [0.05, 0.1) is 25.9 Å². The summed E-state index contributed by atoms with van der Waals surface area (Å²) in [5.41, 5.74) is -4.05. The fourth-order valence-electron chi connectivity index (χ4n) is 4.27. The van der Waals surface area contributed by atoms with Gasteiger partial charge in [-0.05, 0) is 50.5 Å². The lowest BCUT2D eigenvalue weighted by atomic mass is 10.0. The van der Waals surface area contributed by atoms with E-state index >= 15 is 4.39 Å². The van der Waals surface area contributed by atoms with Crippen LogP contribution in [0.4, 0.5) is 13.2 Å². The van der Waals surface area contributed by atoms with Crippen LogP contribution >= 0.6 is 11.6 Å². The summed E-state index contributed by atoms with van der Waals surface area (Å²) in [5.74, 6) is -4.31. The molecule has 206 valence electrons. The maximum absolute atomic E-state index is 16.3. The van der Waals surface area contributed by atoms with Crippen LogP contribution in [0.15, 0.2) is 58.5 Å². The average molecular weight is 573 g/mol. The largest absolute Gasteiger partial charge is 0.485 e. The SMILES string of the molecule is [2H]C([2H])(Oc1cc2n(c(=O)c1Cl)-c1c(cnc(-n3cccc(C(C)(C)O)c3=O)c1F)CC/C=C\2)c1ncc(F)cc1F. The summed E-state index contributed by atoms with van der Waals surface area (Å²) in [6.07, 6.45) is 7.04. The van der Waals surface area contributed by atoms with Crippen molar-refractivity contribution in [1.29, 1.82) is 0 Å². The van der Waals surface area contributed by atoms with Crippen molar-refractivity contribution in [2.75, 3.05) is 0 Å². The highest BCUT2D eigenvalue weighted by atomic mass is 35.5. The van der Waals surface area contributed by atoms with Crippen molar-refractivity contribution in [2.45, 2.75) is 38.8 Å². The second kappa shape index (κ2) is 10.4. The fourth-order valence-corrected chi connectivity index (χ4v) is 4.45. The molecule has 40 heavy (non-hydrogen) atoms. The molecule has 5 rings (SSSR count). The molecular weight excluding hydrogens is 549 g/mol. The van der Waals surface area contributed by atoms with Gasteiger partial charge in [0, 0.05) is 30.1 Å². The molecule has 4 aromatic rings. The molecule has 0 fully saturated rings. The number of aromatic nitrogens is 4. The van der Waals surface area contributed by atoms with Crippen molar-refractivity contribution in [3.63, 3.8) is 0 Å². The quantitative estimate of drug-likeness (QED) is 0.375. The van der Waals surface area contributed by atoms with E-state index in [0.717, 1.165) is 15.2 Å². The lowest BCUT2D eigenvalue weighted by Crippen LogP contribution is -2.32. The standard InChI is InChI=1S/C28H22ClF3N4O4/c1-28(2,39)18-8-5-9-35(26(18)37)25-23(32)24-15(12-34-25)6-3-4-7-17-11-21(22(29)27(38)36(17)24)40-14-20-19(31)10-16(30)13-33-20/h4-5,7-13,39H,3,6,14H2,1-2H3/b7-4-/i14D2. The smallest absolute Gasteiger partial charge is 0.278 e. The van der Waals surface area contributed by atoms with E-state index in [0.29, 0.717) is 24.2 Å². The highest BCUT2D eigenvalue weighted by Gasteiger charge is 2.26. The third kappa shape index (κ3) is 4.93. The first-order chi connectivity index (χ1) is 19.7. The Morgan fingerprint density at radius 1 is 1.18 bits per heavy atom. The van der Waals surface area contributed by atoms with Gasteiger partial charge in [-0.2, -0.15) is 0 Å². The Morgan fingerprint density at radius 3 is 2.67 bits per heavy atom. The summed E-state index contributed by atoms with van der Waals surface area (Å²) < 4.78 is 67.4. The fraction of sp³-hybridized carbons (Fsp3) is 0.214. The lowest BCUT2D eigenvalue weighted by Gasteiger charge is -2.21. The predicted molar refractivity (Wildman–Crippen MR) is 141 cm³/mol. The molecule has 5 heterocycles. The van der Waals surface area contributed by atoms with Gasteiger partial charge in [0.1, 0.15) is 28.8 Å². The third-order valence-electron chi connectivity index (χ3n) is 6.19. The number of allylic oxidation sites excluding steroid dienone is 1. The van der Waals surface area contributed by atoms with Gasteiger partial charge in [0.25, 0.3) is 11.1 Å². The monoisotopic (exact) mass is 572 g/mol. The van der Waals surface area contributed by atoms with Crippen LogP contribution in [-0.4, -0.2) is 24.2 Å². The minimum atomic E-state index is -2.98. The summed E-state index contributed by atoms with van der Waals surface area (Å²) >= 11 is 6.31. The highest BCUT2D eigenvalue weighted by molar-refractivity contribution is 6.31. The Labute approximate surface area is 233 Å². The molecule has 0 bridgehead atoms. The van der Waals surface area contributed by atoms with Gasteiger partial charge in [-0.3, -0.25) is 23.7 Å². The second-order valence-corrected chi connectivity index (χ2v) is 9.82. The zero-order valence-electron chi connectivity index (χ0n) is 23.1. The van der Waals surface area contributed by atoms with Crippen molar-refractivity contribution in [1.82, 2.24) is 19.1 Å². The number of hydrogen-bond donors (Lipinski definition) is 1. The number of nitrogens with zero attached hydrogens (tertiary/aromatic N) is 4. The van der Waals surface area contributed by atoms with Gasteiger partial charge in [-0.1, -0.05) is 17.7 Å². The molecule has 0 amide bonds. The van der Waals surface area contributed by atoms with Crippen LogP contribution in [0, 0.1) is 17.5 Å². The molecule has 4 aromatic heterocycles. The number of aliphatic hydroxyl groups is 1. The number of pyridine rings is 4. The van der Waals surface area contributed by atoms with E-state index in [4.69, 9.17) is 19.1 Å². The number of ether oxygens (including phenoxy) is 1. The number of hydrogen-bond acceptors (Lipinski definition) is 6. The van der Waals surface area contributed by atoms with Gasteiger partial charge in [-0.15, -0.1) is 0 Å². The Kier molecular flexibility index (Phi) is 6.45. The molecule has 0 radical (unpaired) electrons. The first-order valence-corrected chi connectivity index (χ1v) is 12.3. The van der Waals surface area contributed by atoms with Gasteiger partial charge in [-0.25, -0.2) is 18.2 Å². The van der Waals surface area contributed by atoms with Crippen LogP contribution in [0.1, 0.15) is 45.5 Å². The van der Waals surface area contributed by atoms with E-state index in [2.05, 4.69) is 9.97 Å². The molecule has 0 saturated heterocycles. The first-order valence-electron chi connectivity index (χ1n) is 13.0. The summed E-state index contributed by atoms with van der Waals surface area (Å²) in [5, 5.41) is 9.74. The number of aryl methyl sites for hydroxylation is 1. The molecule has 1 N–H and O–H groups in total. The van der Waals surface area contributed by atoms with Crippen LogP contribution in [0.3, 0.4) is 0 Å². The Bertz CT molecular complexity index is 1890. The van der Waals surface area contributed by atoms with E-state index in [1.807, 2.05) is 0 Å². The van der Waals surface area contributed by atoms with E-state index < -0.39 is 63.0 Å². The molecule has 1 aliphatic rings. The van der Waals surface area contributed by atoms with Gasteiger partial charge >= 0.3 is 0 Å². The van der Waals surface area contributed by atoms with Crippen molar-refractivity contribution < 1.29 is 25.8 Å². The molecule has 0 atom stereocenters. The Balaban J connectivity index is 1.69. The number of fused-ring (bicyclic) bond motifs is 3. The van der Waals surface area contributed by atoms with Crippen LogP contribution in [0.2, 0.25) is 5.02 Å². The minimum Gasteiger partial charge on any atom is -0.485 e. The lowest BCUT2D eigenvalue weighted by molar-refractivity contribution is 0.0767. The van der Waals surface area contributed by atoms with Crippen molar-refractivity contribution in [3.8, 4) is 17.3 Å². The van der Waals surface area contributed by atoms with Crippen LogP contribution in [0.25, 0.3) is 17.6 Å². The van der Waals surface area contributed by atoms with E-state index in [1.54, 1.807) is 6.08 Å². The summed E-state index contributed by atoms with van der Waals surface area (Å²) in [4.78, 5) is 34.3. The van der Waals surface area contributed by atoms with Crippen molar-refractivity contribution >= 4 is 17.7 Å². The molecule has 0 aromatic carbocycles. The molecular formula is C28H22ClF3N4O4. The predicted octanol–water partition coefficient (Wildman–Crippen LogP) is 4.61. The summed E-state index contributed by atoms with van der Waals surface area (Å²) in [6.45, 7) is -0.165. The molecule has 0 unspecified atom stereocenters. The van der Waals surface area contributed by atoms with Gasteiger partial charge in [0.15, 0.2) is 17.5 Å². The molecule has 1 aliphatic heterocycles. The Hall–Kier alpha value is -4.22. The normalized spacial score (nSPS) is 14.8. The van der Waals surface area contributed by atoms with Gasteiger partial charge in [0.2, 0.25) is 0 Å². The minimum absolute atomic E-state index is 0.00960. The van der Waals surface area contributed by atoms with E-state index in [9.17, 15) is 23.5 Å². The molecule has 8 nitrogen and oxygen atoms in total. The topological polar surface area (TPSA) is 99.2 Å². The van der Waals surface area contributed by atoms with E-state index in [-0.39, 0.29) is 23.4 Å². The van der Waals surface area contributed by atoms with Crippen LogP contribution in [0.5, 0.6) is 5.75 Å². The molecule has 0 saturated carbocycles. The zero-order chi connectivity index (χ0) is 30.6. The number of halogens is 4. The Morgan fingerprint density at radius 2 is 1.95 bits per heavy atom. The van der Waals surface area contributed by atoms with E-state index in [1.165, 1.54) is 44.4 Å². The van der Waals surface area contributed by atoms with Crippen LogP contribution in [-0.2, 0) is 18.6 Å². The summed E-state index contributed by atoms with van der Waals surface area (Å²) in [7, 11) is 0. The molecule has 0 aliphatic carbocycles. The second-order valence-electron chi connectivity index (χ2n) is 9.44. The highest BCUT2D eigenvalue weighted by Crippen LogP contribution is 2.31. The maximum Gasteiger partial charge on any atom is 0.278 e. The maximum atomic E-state index is 16.3. The zero-order valence-corrected chi connectivity index (χ0v) is 21.8. The van der Waals surface area contributed by atoms with Crippen molar-refractivity contribution in [3.05, 3.63) is 115 Å². The van der Waals surface area contributed by atoms with Gasteiger partial charge < -0.3 is 9.84 Å². The van der Waals surface area contributed by atoms with Crippen LogP contribution < -0.4 is 15.9 Å². The number of rotatable bonds is 5.